The van der Waals surface area contributed by atoms with Crippen LogP contribution in [0.5, 0.6) is 6.01 Å². The number of nitrogens with zero attached hydrogens (tertiary/aromatic N) is 3. The summed E-state index contributed by atoms with van der Waals surface area (Å²) >= 11 is 2.26. The smallest absolute Gasteiger partial charge is 0.323 e. The van der Waals surface area contributed by atoms with Crippen molar-refractivity contribution in [2.45, 2.75) is 13.8 Å². The topological polar surface area (TPSA) is 72.0 Å². The molecule has 2 aromatic rings. The number of halogens is 1. The first-order chi connectivity index (χ1) is 9.71. The summed E-state index contributed by atoms with van der Waals surface area (Å²) < 4.78 is 6.52. The highest BCUT2D eigenvalue weighted by Crippen LogP contribution is 2.17. The molecule has 0 spiro atoms. The molecular weight excluding hydrogens is 369 g/mol. The summed E-state index contributed by atoms with van der Waals surface area (Å²) in [4.78, 5) is 12.7. The van der Waals surface area contributed by atoms with Crippen LogP contribution in [0.25, 0.3) is 0 Å². The molecule has 0 amide bonds. The van der Waals surface area contributed by atoms with Crippen molar-refractivity contribution >= 4 is 40.2 Å². The van der Waals surface area contributed by atoms with E-state index in [4.69, 9.17) is 4.74 Å². The minimum absolute atomic E-state index is 0.312. The number of hydrogen-bond acceptors (Lipinski definition) is 6. The Kier molecular flexibility index (Phi) is 5.33. The van der Waals surface area contributed by atoms with Gasteiger partial charge in [0, 0.05) is 15.8 Å². The fourth-order valence-corrected chi connectivity index (χ4v) is 1.87. The van der Waals surface area contributed by atoms with Crippen LogP contribution in [0, 0.1) is 3.57 Å². The lowest BCUT2D eigenvalue weighted by molar-refractivity contribution is 0.312. The summed E-state index contributed by atoms with van der Waals surface area (Å²) in [5.41, 5.74) is 0.918. The van der Waals surface area contributed by atoms with Gasteiger partial charge in [0.05, 0.1) is 6.61 Å². The van der Waals surface area contributed by atoms with E-state index >= 15 is 0 Å². The molecule has 2 rings (SSSR count). The number of anilines is 3. The van der Waals surface area contributed by atoms with E-state index in [0.717, 1.165) is 12.2 Å². The normalized spacial score (nSPS) is 10.2. The first-order valence-corrected chi connectivity index (χ1v) is 7.44. The number of benzene rings is 1. The summed E-state index contributed by atoms with van der Waals surface area (Å²) in [5.74, 6) is 0.958. The molecule has 1 heterocycles. The third kappa shape index (κ3) is 4.19. The Balaban J connectivity index is 2.22. The van der Waals surface area contributed by atoms with Crippen LogP contribution < -0.4 is 15.4 Å². The zero-order valence-corrected chi connectivity index (χ0v) is 13.5. The van der Waals surface area contributed by atoms with Gasteiger partial charge in [-0.2, -0.15) is 15.0 Å². The van der Waals surface area contributed by atoms with Gasteiger partial charge in [-0.15, -0.1) is 0 Å². The number of rotatable bonds is 6. The molecule has 0 fully saturated rings. The molecule has 6 nitrogen and oxygen atoms in total. The Morgan fingerprint density at radius 2 is 1.75 bits per heavy atom. The van der Waals surface area contributed by atoms with Crippen molar-refractivity contribution in [3.63, 3.8) is 0 Å². The maximum atomic E-state index is 5.35. The maximum absolute atomic E-state index is 5.35. The summed E-state index contributed by atoms with van der Waals surface area (Å²) in [6.07, 6.45) is 0. The molecule has 0 aliphatic heterocycles. The fourth-order valence-electron chi connectivity index (χ4n) is 1.51. The van der Waals surface area contributed by atoms with Gasteiger partial charge in [0.15, 0.2) is 0 Å². The van der Waals surface area contributed by atoms with Crippen LogP contribution in [0.3, 0.4) is 0 Å². The van der Waals surface area contributed by atoms with E-state index in [1.807, 2.05) is 38.1 Å². The predicted octanol–water partition coefficient (Wildman–Crippen LogP) is 3.05. The first kappa shape index (κ1) is 14.8. The van der Waals surface area contributed by atoms with Crippen LogP contribution >= 0.6 is 22.6 Å². The zero-order valence-electron chi connectivity index (χ0n) is 11.4. The van der Waals surface area contributed by atoms with Gasteiger partial charge in [-0.1, -0.05) is 0 Å². The molecule has 7 heteroatoms. The first-order valence-electron chi connectivity index (χ1n) is 6.36. The third-order valence-corrected chi connectivity index (χ3v) is 3.04. The van der Waals surface area contributed by atoms with Crippen molar-refractivity contribution in [2.24, 2.45) is 0 Å². The van der Waals surface area contributed by atoms with Crippen molar-refractivity contribution in [1.82, 2.24) is 15.0 Å². The van der Waals surface area contributed by atoms with Gasteiger partial charge >= 0.3 is 6.01 Å². The number of nitrogens with one attached hydrogen (secondary N) is 2. The van der Waals surface area contributed by atoms with Crippen LogP contribution in [0.1, 0.15) is 13.8 Å². The molecule has 1 aromatic heterocycles. The van der Waals surface area contributed by atoms with Crippen LogP contribution in [-0.2, 0) is 0 Å². The van der Waals surface area contributed by atoms with Gasteiger partial charge in [0.25, 0.3) is 0 Å². The van der Waals surface area contributed by atoms with Crippen molar-refractivity contribution in [3.05, 3.63) is 27.8 Å². The monoisotopic (exact) mass is 385 g/mol. The zero-order chi connectivity index (χ0) is 14.4. The number of aromatic nitrogens is 3. The van der Waals surface area contributed by atoms with E-state index in [2.05, 4.69) is 48.2 Å². The largest absolute Gasteiger partial charge is 0.464 e. The molecule has 0 radical (unpaired) electrons. The molecule has 0 unspecified atom stereocenters. The highest BCUT2D eigenvalue weighted by molar-refractivity contribution is 14.1. The third-order valence-electron chi connectivity index (χ3n) is 2.32. The molecule has 2 N–H and O–H groups in total. The maximum Gasteiger partial charge on any atom is 0.323 e. The molecule has 0 saturated carbocycles. The van der Waals surface area contributed by atoms with Crippen LogP contribution in [-0.4, -0.2) is 28.1 Å². The van der Waals surface area contributed by atoms with E-state index in [1.54, 1.807) is 0 Å². The molecule has 20 heavy (non-hydrogen) atoms. The van der Waals surface area contributed by atoms with Crippen molar-refractivity contribution in [3.8, 4) is 6.01 Å². The summed E-state index contributed by atoms with van der Waals surface area (Å²) in [6, 6.07) is 8.28. The van der Waals surface area contributed by atoms with Gasteiger partial charge in [-0.05, 0) is 60.7 Å². The van der Waals surface area contributed by atoms with Crippen LogP contribution in [0.2, 0.25) is 0 Å². The second kappa shape index (κ2) is 7.22. The van der Waals surface area contributed by atoms with E-state index in [1.165, 1.54) is 3.57 Å². The Hall–Kier alpha value is -1.64. The lowest BCUT2D eigenvalue weighted by Crippen LogP contribution is -2.08. The van der Waals surface area contributed by atoms with Crippen LogP contribution in [0.15, 0.2) is 24.3 Å². The molecule has 0 saturated heterocycles. The number of hydrogen-bond donors (Lipinski definition) is 2. The van der Waals surface area contributed by atoms with Gasteiger partial charge in [0.1, 0.15) is 0 Å². The Labute approximate surface area is 131 Å². The second-order valence-electron chi connectivity index (χ2n) is 3.86. The molecule has 0 aliphatic rings. The van der Waals surface area contributed by atoms with Gasteiger partial charge < -0.3 is 15.4 Å². The van der Waals surface area contributed by atoms with Crippen LogP contribution in [0.4, 0.5) is 17.6 Å². The predicted molar refractivity (Wildman–Crippen MR) is 87.6 cm³/mol. The standard InChI is InChI=1S/C13H16IN5O/c1-3-15-11-17-12(19-13(18-11)20-4-2)16-10-7-5-9(14)6-8-10/h5-8H,3-4H2,1-2H3,(H2,15,16,17,18,19). The summed E-state index contributed by atoms with van der Waals surface area (Å²) in [5, 5.41) is 6.20. The van der Waals surface area contributed by atoms with E-state index in [-0.39, 0.29) is 0 Å². The van der Waals surface area contributed by atoms with Gasteiger partial charge in [-0.25, -0.2) is 0 Å². The highest BCUT2D eigenvalue weighted by Gasteiger charge is 2.07. The Morgan fingerprint density at radius 1 is 1.05 bits per heavy atom. The Morgan fingerprint density at radius 3 is 2.40 bits per heavy atom. The summed E-state index contributed by atoms with van der Waals surface area (Å²) in [7, 11) is 0. The molecule has 0 aliphatic carbocycles. The molecule has 1 aromatic carbocycles. The summed E-state index contributed by atoms with van der Waals surface area (Å²) in [6.45, 7) is 5.12. The quantitative estimate of drug-likeness (QED) is 0.745. The highest BCUT2D eigenvalue weighted by atomic mass is 127. The second-order valence-corrected chi connectivity index (χ2v) is 5.11. The minimum atomic E-state index is 0.312. The average Bonchev–Trinajstić information content (AvgIpc) is 2.42. The van der Waals surface area contributed by atoms with E-state index in [0.29, 0.717) is 24.5 Å². The molecule has 0 atom stereocenters. The van der Waals surface area contributed by atoms with Crippen molar-refractivity contribution in [1.29, 1.82) is 0 Å². The lowest BCUT2D eigenvalue weighted by atomic mass is 10.3. The Bertz CT molecular complexity index is 537. The SMILES string of the molecule is CCNc1nc(Nc2ccc(I)cc2)nc(OCC)n1. The number of ether oxygens (including phenoxy) is 1. The fraction of sp³-hybridized carbons (Fsp3) is 0.308. The molecular formula is C13H16IN5O. The molecule has 106 valence electrons. The van der Waals surface area contributed by atoms with E-state index in [9.17, 15) is 0 Å². The average molecular weight is 385 g/mol. The van der Waals surface area contributed by atoms with E-state index < -0.39 is 0 Å². The minimum Gasteiger partial charge on any atom is -0.464 e. The van der Waals surface area contributed by atoms with Gasteiger partial charge in [-0.3, -0.25) is 0 Å². The lowest BCUT2D eigenvalue weighted by Gasteiger charge is -2.09. The van der Waals surface area contributed by atoms with Gasteiger partial charge in [0.2, 0.25) is 11.9 Å². The van der Waals surface area contributed by atoms with Crippen molar-refractivity contribution in [2.75, 3.05) is 23.8 Å². The molecule has 0 bridgehead atoms. The van der Waals surface area contributed by atoms with Crippen molar-refractivity contribution < 1.29 is 4.74 Å².